The second-order valence-electron chi connectivity index (χ2n) is 5.11. The van der Waals surface area contributed by atoms with Gasteiger partial charge in [0.25, 0.3) is 5.91 Å². The number of nitrogens with zero attached hydrogens (tertiary/aromatic N) is 3. The van der Waals surface area contributed by atoms with Gasteiger partial charge < -0.3 is 5.32 Å². The lowest BCUT2D eigenvalue weighted by molar-refractivity contribution is 0.102. The van der Waals surface area contributed by atoms with Crippen LogP contribution in [0.5, 0.6) is 0 Å². The molecule has 3 aromatic rings. The average molecular weight is 474 g/mol. The molecule has 0 spiro atoms. The highest BCUT2D eigenvalue weighted by atomic mass is 79.9. The predicted molar refractivity (Wildman–Crippen MR) is 99.5 cm³/mol. The third kappa shape index (κ3) is 3.71. The van der Waals surface area contributed by atoms with Gasteiger partial charge in [-0.2, -0.15) is 10.2 Å². The van der Waals surface area contributed by atoms with Gasteiger partial charge in [-0.15, -0.1) is 0 Å². The Bertz CT molecular complexity index is 905. The molecule has 24 heavy (non-hydrogen) atoms. The minimum absolute atomic E-state index is 0.254. The second-order valence-corrected chi connectivity index (χ2v) is 7.14. The molecule has 124 valence electrons. The summed E-state index contributed by atoms with van der Waals surface area (Å²) in [4.78, 5) is 12.3. The van der Waals surface area contributed by atoms with Gasteiger partial charge in [0.1, 0.15) is 4.60 Å². The monoisotopic (exact) mass is 471 g/mol. The van der Waals surface area contributed by atoms with Crippen molar-refractivity contribution < 1.29 is 4.79 Å². The Hall–Kier alpha value is -1.64. The Morgan fingerprint density at radius 1 is 1.38 bits per heavy atom. The van der Waals surface area contributed by atoms with Crippen molar-refractivity contribution in [3.63, 3.8) is 0 Å². The number of hydrogen-bond donors (Lipinski definition) is 2. The SMILES string of the molecule is Cc1cc(NC(=O)c2n[nH]c(Br)c2Br)nn1Cc1cccc(Cl)c1. The van der Waals surface area contributed by atoms with E-state index in [9.17, 15) is 4.79 Å². The number of carbonyl (C=O) groups is 1. The lowest BCUT2D eigenvalue weighted by Gasteiger charge is -2.05. The van der Waals surface area contributed by atoms with Gasteiger partial charge in [0.15, 0.2) is 11.5 Å². The number of aryl methyl sites for hydroxylation is 1. The summed E-state index contributed by atoms with van der Waals surface area (Å²) in [5.74, 6) is 0.113. The molecule has 0 aliphatic heterocycles. The number of aromatic nitrogens is 4. The normalized spacial score (nSPS) is 10.8. The van der Waals surface area contributed by atoms with E-state index < -0.39 is 0 Å². The molecule has 2 heterocycles. The number of hydrogen-bond acceptors (Lipinski definition) is 3. The quantitative estimate of drug-likeness (QED) is 0.590. The molecule has 6 nitrogen and oxygen atoms in total. The summed E-state index contributed by atoms with van der Waals surface area (Å²) >= 11 is 12.6. The molecule has 1 amide bonds. The minimum Gasteiger partial charge on any atom is -0.304 e. The van der Waals surface area contributed by atoms with Gasteiger partial charge in [0.2, 0.25) is 0 Å². The number of halogens is 3. The highest BCUT2D eigenvalue weighted by Crippen LogP contribution is 2.24. The van der Waals surface area contributed by atoms with E-state index in [1.807, 2.05) is 31.2 Å². The molecule has 0 saturated carbocycles. The Labute approximate surface area is 159 Å². The molecule has 1 aromatic carbocycles. The molecule has 0 aliphatic carbocycles. The number of anilines is 1. The molecule has 0 atom stereocenters. The second kappa shape index (κ2) is 7.08. The van der Waals surface area contributed by atoms with Crippen LogP contribution in [0.1, 0.15) is 21.7 Å². The van der Waals surface area contributed by atoms with Crippen molar-refractivity contribution in [2.24, 2.45) is 0 Å². The molecule has 9 heteroatoms. The smallest absolute Gasteiger partial charge is 0.278 e. The van der Waals surface area contributed by atoms with Crippen molar-refractivity contribution in [3.8, 4) is 0 Å². The van der Waals surface area contributed by atoms with Gasteiger partial charge in [0.05, 0.1) is 11.0 Å². The fourth-order valence-electron chi connectivity index (χ4n) is 2.17. The Balaban J connectivity index is 1.76. The van der Waals surface area contributed by atoms with E-state index in [1.165, 1.54) is 0 Å². The molecule has 0 unspecified atom stereocenters. The fourth-order valence-corrected chi connectivity index (χ4v) is 3.02. The van der Waals surface area contributed by atoms with Crippen LogP contribution >= 0.6 is 43.5 Å². The number of rotatable bonds is 4. The van der Waals surface area contributed by atoms with Gasteiger partial charge in [-0.05, 0) is 56.5 Å². The summed E-state index contributed by atoms with van der Waals surface area (Å²) in [5.41, 5.74) is 2.21. The van der Waals surface area contributed by atoms with Crippen molar-refractivity contribution >= 4 is 55.2 Å². The minimum atomic E-state index is -0.351. The van der Waals surface area contributed by atoms with Gasteiger partial charge in [-0.1, -0.05) is 23.7 Å². The summed E-state index contributed by atoms with van der Waals surface area (Å²) in [7, 11) is 0. The highest BCUT2D eigenvalue weighted by molar-refractivity contribution is 9.13. The van der Waals surface area contributed by atoms with E-state index in [0.717, 1.165) is 11.3 Å². The van der Waals surface area contributed by atoms with E-state index in [-0.39, 0.29) is 11.6 Å². The van der Waals surface area contributed by atoms with Crippen LogP contribution in [-0.2, 0) is 6.54 Å². The summed E-state index contributed by atoms with van der Waals surface area (Å²) in [5, 5.41) is 14.5. The fraction of sp³-hybridized carbons (Fsp3) is 0.133. The van der Waals surface area contributed by atoms with E-state index in [1.54, 1.807) is 10.7 Å². The summed E-state index contributed by atoms with van der Waals surface area (Å²) < 4.78 is 2.97. The molecule has 0 aliphatic rings. The van der Waals surface area contributed by atoms with Gasteiger partial charge in [-0.3, -0.25) is 14.6 Å². The zero-order chi connectivity index (χ0) is 17.3. The molecule has 2 N–H and O–H groups in total. The zero-order valence-electron chi connectivity index (χ0n) is 12.5. The molecule has 2 aromatic heterocycles. The first-order valence-electron chi connectivity index (χ1n) is 6.93. The molecule has 0 radical (unpaired) electrons. The Morgan fingerprint density at radius 2 is 2.17 bits per heavy atom. The van der Waals surface area contributed by atoms with Crippen LogP contribution in [0.3, 0.4) is 0 Å². The number of nitrogens with one attached hydrogen (secondary N) is 2. The van der Waals surface area contributed by atoms with Crippen molar-refractivity contribution in [1.82, 2.24) is 20.0 Å². The maximum atomic E-state index is 12.3. The molecule has 0 fully saturated rings. The highest BCUT2D eigenvalue weighted by Gasteiger charge is 2.18. The van der Waals surface area contributed by atoms with Gasteiger partial charge >= 0.3 is 0 Å². The molecule has 3 rings (SSSR count). The predicted octanol–water partition coefficient (Wildman–Crippen LogP) is 4.39. The van der Waals surface area contributed by atoms with Crippen LogP contribution in [0, 0.1) is 6.92 Å². The molecular formula is C15H12Br2ClN5O. The van der Waals surface area contributed by atoms with Crippen LogP contribution in [0.15, 0.2) is 39.4 Å². The molecular weight excluding hydrogens is 461 g/mol. The van der Waals surface area contributed by atoms with Crippen molar-refractivity contribution in [2.75, 3.05) is 5.32 Å². The first-order valence-corrected chi connectivity index (χ1v) is 8.90. The van der Waals surface area contributed by atoms with Crippen LogP contribution in [-0.4, -0.2) is 25.9 Å². The number of H-pyrrole nitrogens is 1. The van der Waals surface area contributed by atoms with Crippen LogP contribution in [0.4, 0.5) is 5.82 Å². The molecule has 0 bridgehead atoms. The first kappa shape index (κ1) is 17.2. The van der Waals surface area contributed by atoms with Crippen LogP contribution in [0.25, 0.3) is 0 Å². The molecule has 0 saturated heterocycles. The standard InChI is InChI=1S/C15H12Br2ClN5O/c1-8-5-11(19-15(24)13-12(16)14(17)21-20-13)22-23(8)7-9-3-2-4-10(18)6-9/h2-6H,7H2,1H3,(H,20,21)(H,19,22,24). The maximum absolute atomic E-state index is 12.3. The number of aromatic amines is 1. The lowest BCUT2D eigenvalue weighted by Crippen LogP contribution is -2.14. The summed E-state index contributed by atoms with van der Waals surface area (Å²) in [6, 6.07) is 9.39. The van der Waals surface area contributed by atoms with Gasteiger partial charge in [-0.25, -0.2) is 0 Å². The maximum Gasteiger partial charge on any atom is 0.278 e. The topological polar surface area (TPSA) is 75.6 Å². The third-order valence-corrected chi connectivity index (χ3v) is 5.44. The summed E-state index contributed by atoms with van der Waals surface area (Å²) in [6.45, 7) is 2.49. The Morgan fingerprint density at radius 3 is 2.83 bits per heavy atom. The number of amides is 1. The lowest BCUT2D eigenvalue weighted by atomic mass is 10.2. The first-order chi connectivity index (χ1) is 11.4. The van der Waals surface area contributed by atoms with Crippen molar-refractivity contribution in [3.05, 3.63) is 61.4 Å². The average Bonchev–Trinajstić information content (AvgIpc) is 3.03. The third-order valence-electron chi connectivity index (χ3n) is 3.33. The summed E-state index contributed by atoms with van der Waals surface area (Å²) in [6.07, 6.45) is 0. The zero-order valence-corrected chi connectivity index (χ0v) is 16.4. The van der Waals surface area contributed by atoms with E-state index >= 15 is 0 Å². The van der Waals surface area contributed by atoms with Gasteiger partial charge in [0, 0.05) is 16.8 Å². The number of carbonyl (C=O) groups excluding carboxylic acids is 1. The van der Waals surface area contributed by atoms with E-state index in [0.29, 0.717) is 26.5 Å². The Kier molecular flexibility index (Phi) is 5.07. The van der Waals surface area contributed by atoms with Crippen molar-refractivity contribution in [2.45, 2.75) is 13.5 Å². The van der Waals surface area contributed by atoms with Crippen LogP contribution < -0.4 is 5.32 Å². The van der Waals surface area contributed by atoms with Crippen molar-refractivity contribution in [1.29, 1.82) is 0 Å². The van der Waals surface area contributed by atoms with Crippen LogP contribution in [0.2, 0.25) is 5.02 Å². The number of benzene rings is 1. The van der Waals surface area contributed by atoms with E-state index in [4.69, 9.17) is 11.6 Å². The largest absolute Gasteiger partial charge is 0.304 e. The van der Waals surface area contributed by atoms with E-state index in [2.05, 4.69) is 52.5 Å².